The highest BCUT2D eigenvalue weighted by molar-refractivity contribution is 6.05. The molecule has 0 aliphatic carbocycles. The van der Waals surface area contributed by atoms with E-state index in [0.29, 0.717) is 35.7 Å². The lowest BCUT2D eigenvalue weighted by molar-refractivity contribution is -0.0122. The molecule has 3 rings (SSSR count). The van der Waals surface area contributed by atoms with E-state index in [1.54, 1.807) is 66.2 Å². The molecule has 10 heteroatoms. The van der Waals surface area contributed by atoms with E-state index >= 15 is 0 Å². The number of hydrogen-bond acceptors (Lipinski definition) is 6. The predicted molar refractivity (Wildman–Crippen MR) is 168 cm³/mol. The first kappa shape index (κ1) is 33.9. The van der Waals surface area contributed by atoms with Gasteiger partial charge in [-0.1, -0.05) is 25.1 Å². The molecule has 4 atom stereocenters. The first-order chi connectivity index (χ1) is 20.5. The van der Waals surface area contributed by atoms with Gasteiger partial charge in [0.05, 0.1) is 30.4 Å². The number of nitrogens with zero attached hydrogens (tertiary/aromatic N) is 2. The normalized spacial score (nSPS) is 20.8. The lowest BCUT2D eigenvalue weighted by Crippen LogP contribution is -2.49. The van der Waals surface area contributed by atoms with Gasteiger partial charge >= 0.3 is 6.03 Å². The van der Waals surface area contributed by atoms with Crippen LogP contribution in [0.3, 0.4) is 0 Å². The molecule has 1 heterocycles. The number of urea groups is 1. The minimum absolute atomic E-state index is 0.00227. The fourth-order valence-electron chi connectivity index (χ4n) is 4.97. The van der Waals surface area contributed by atoms with Gasteiger partial charge in [-0.3, -0.25) is 9.59 Å². The number of carbonyl (C=O) groups is 3. The zero-order chi connectivity index (χ0) is 31.5. The number of amides is 4. The molecular formula is C33H48N4O6. The quantitative estimate of drug-likeness (QED) is 0.423. The van der Waals surface area contributed by atoms with Crippen LogP contribution in [0.5, 0.6) is 5.75 Å². The van der Waals surface area contributed by atoms with Crippen molar-refractivity contribution in [3.8, 4) is 5.75 Å². The zero-order valence-corrected chi connectivity index (χ0v) is 26.3. The van der Waals surface area contributed by atoms with E-state index in [1.807, 2.05) is 33.8 Å². The summed E-state index contributed by atoms with van der Waals surface area (Å²) >= 11 is 0. The lowest BCUT2D eigenvalue weighted by atomic mass is 10.0. The Kier molecular flexibility index (Phi) is 12.8. The molecule has 10 nitrogen and oxygen atoms in total. The third kappa shape index (κ3) is 9.96. The Morgan fingerprint density at radius 1 is 1.09 bits per heavy atom. The standard InChI is InChI=1S/C33H48N4O6/c1-22(2)34-33(41)36(6)20-30-23(3)19-37(24(4)21-38)32(40)28-18-27(35-31(39)26-13-8-7-9-14-26)15-16-29(28)43-25(5)12-10-11-17-42-30/h7-9,13-16,18,22-25,30,38H,10-12,17,19-21H2,1-6H3,(H,34,41)(H,35,39)/t23-,24+,25+,30-/m0/s1. The largest absolute Gasteiger partial charge is 0.490 e. The Bertz CT molecular complexity index is 1210. The molecule has 1 aliphatic heterocycles. The van der Waals surface area contributed by atoms with E-state index in [9.17, 15) is 19.5 Å². The smallest absolute Gasteiger partial charge is 0.317 e. The molecule has 0 saturated carbocycles. The molecule has 0 bridgehead atoms. The van der Waals surface area contributed by atoms with E-state index in [1.165, 1.54) is 0 Å². The van der Waals surface area contributed by atoms with Crippen LogP contribution in [0.4, 0.5) is 10.5 Å². The summed E-state index contributed by atoms with van der Waals surface area (Å²) in [7, 11) is 1.74. The predicted octanol–water partition coefficient (Wildman–Crippen LogP) is 4.78. The third-order valence-electron chi connectivity index (χ3n) is 7.56. The van der Waals surface area contributed by atoms with Gasteiger partial charge in [0.25, 0.3) is 11.8 Å². The number of aliphatic hydroxyl groups is 1. The summed E-state index contributed by atoms with van der Waals surface area (Å²) in [6.45, 7) is 10.5. The van der Waals surface area contributed by atoms with Crippen molar-refractivity contribution in [1.82, 2.24) is 15.1 Å². The highest BCUT2D eigenvalue weighted by atomic mass is 16.5. The van der Waals surface area contributed by atoms with Crippen LogP contribution in [0, 0.1) is 5.92 Å². The number of rotatable bonds is 7. The van der Waals surface area contributed by atoms with Crippen LogP contribution in [-0.2, 0) is 4.74 Å². The van der Waals surface area contributed by atoms with Gasteiger partial charge in [0, 0.05) is 50.0 Å². The summed E-state index contributed by atoms with van der Waals surface area (Å²) in [5.41, 5.74) is 1.26. The van der Waals surface area contributed by atoms with Gasteiger partial charge in [-0.2, -0.15) is 0 Å². The molecule has 2 aromatic rings. The molecule has 0 radical (unpaired) electrons. The van der Waals surface area contributed by atoms with E-state index in [2.05, 4.69) is 10.6 Å². The van der Waals surface area contributed by atoms with Crippen molar-refractivity contribution in [3.05, 3.63) is 59.7 Å². The van der Waals surface area contributed by atoms with E-state index < -0.39 is 6.04 Å². The molecule has 236 valence electrons. The van der Waals surface area contributed by atoms with Crippen LogP contribution in [-0.4, -0.2) is 90.4 Å². The number of aliphatic hydroxyl groups excluding tert-OH is 1. The fraction of sp³-hybridized carbons (Fsp3) is 0.545. The van der Waals surface area contributed by atoms with Crippen molar-refractivity contribution in [2.75, 3.05) is 38.7 Å². The summed E-state index contributed by atoms with van der Waals surface area (Å²) in [6, 6.07) is 13.3. The average molecular weight is 597 g/mol. The van der Waals surface area contributed by atoms with Gasteiger partial charge in [-0.05, 0) is 77.3 Å². The second-order valence-corrected chi connectivity index (χ2v) is 11.8. The molecule has 0 unspecified atom stereocenters. The molecular weight excluding hydrogens is 548 g/mol. The lowest BCUT2D eigenvalue weighted by Gasteiger charge is -2.36. The van der Waals surface area contributed by atoms with Gasteiger partial charge in [-0.25, -0.2) is 4.79 Å². The number of benzene rings is 2. The maximum atomic E-state index is 14.2. The van der Waals surface area contributed by atoms with Gasteiger partial charge < -0.3 is 35.0 Å². The van der Waals surface area contributed by atoms with E-state index in [0.717, 1.165) is 19.3 Å². The van der Waals surface area contributed by atoms with Crippen LogP contribution < -0.4 is 15.4 Å². The van der Waals surface area contributed by atoms with Crippen molar-refractivity contribution < 1.29 is 29.0 Å². The second-order valence-electron chi connectivity index (χ2n) is 11.8. The maximum absolute atomic E-state index is 14.2. The third-order valence-corrected chi connectivity index (χ3v) is 7.56. The van der Waals surface area contributed by atoms with E-state index in [4.69, 9.17) is 9.47 Å². The zero-order valence-electron chi connectivity index (χ0n) is 26.3. The Morgan fingerprint density at radius 3 is 2.49 bits per heavy atom. The molecule has 0 spiro atoms. The number of ether oxygens (including phenoxy) is 2. The monoisotopic (exact) mass is 596 g/mol. The number of likely N-dealkylation sites (N-methyl/N-ethyl adjacent to an activating group) is 1. The van der Waals surface area contributed by atoms with Crippen LogP contribution >= 0.6 is 0 Å². The van der Waals surface area contributed by atoms with Gasteiger partial charge in [0.1, 0.15) is 5.75 Å². The molecule has 0 fully saturated rings. The Balaban J connectivity index is 1.94. The van der Waals surface area contributed by atoms with Gasteiger partial charge in [-0.15, -0.1) is 0 Å². The van der Waals surface area contributed by atoms with Gasteiger partial charge in [0.15, 0.2) is 0 Å². The first-order valence-electron chi connectivity index (χ1n) is 15.2. The second kappa shape index (κ2) is 16.3. The molecule has 3 N–H and O–H groups in total. The Hall–Kier alpha value is -3.63. The van der Waals surface area contributed by atoms with Crippen molar-refractivity contribution in [2.24, 2.45) is 5.92 Å². The summed E-state index contributed by atoms with van der Waals surface area (Å²) in [5, 5.41) is 15.9. The highest BCUT2D eigenvalue weighted by Gasteiger charge is 2.31. The number of carbonyl (C=O) groups excluding carboxylic acids is 3. The van der Waals surface area contributed by atoms with Crippen LogP contribution in [0.25, 0.3) is 0 Å². The highest BCUT2D eigenvalue weighted by Crippen LogP contribution is 2.29. The van der Waals surface area contributed by atoms with Crippen LogP contribution in [0.15, 0.2) is 48.5 Å². The molecule has 0 aromatic heterocycles. The Labute approximate surface area is 255 Å². The summed E-state index contributed by atoms with van der Waals surface area (Å²) in [4.78, 5) is 43.0. The minimum Gasteiger partial charge on any atom is -0.490 e. The van der Waals surface area contributed by atoms with Gasteiger partial charge in [0.2, 0.25) is 0 Å². The number of anilines is 1. The number of hydrogen-bond donors (Lipinski definition) is 3. The molecule has 0 saturated heterocycles. The number of nitrogens with one attached hydrogen (secondary N) is 2. The summed E-state index contributed by atoms with van der Waals surface area (Å²) < 4.78 is 12.6. The van der Waals surface area contributed by atoms with Crippen molar-refractivity contribution >= 4 is 23.5 Å². The number of fused-ring (bicyclic) bond motifs is 1. The summed E-state index contributed by atoms with van der Waals surface area (Å²) in [6.07, 6.45) is 1.96. The minimum atomic E-state index is -0.502. The topological polar surface area (TPSA) is 120 Å². The molecule has 1 aliphatic rings. The average Bonchev–Trinajstić information content (AvgIpc) is 2.98. The molecule has 43 heavy (non-hydrogen) atoms. The SMILES string of the molecule is CC(C)NC(=O)N(C)C[C@@H]1OCCCC[C@@H](C)Oc2ccc(NC(=O)c3ccccc3)cc2C(=O)N([C@H](C)CO)C[C@@H]1C. The van der Waals surface area contributed by atoms with Crippen molar-refractivity contribution in [3.63, 3.8) is 0 Å². The fourth-order valence-corrected chi connectivity index (χ4v) is 4.97. The summed E-state index contributed by atoms with van der Waals surface area (Å²) in [5.74, 6) is -0.358. The van der Waals surface area contributed by atoms with Crippen LogP contribution in [0.2, 0.25) is 0 Å². The Morgan fingerprint density at radius 2 is 1.81 bits per heavy atom. The maximum Gasteiger partial charge on any atom is 0.317 e. The van der Waals surface area contributed by atoms with Crippen molar-refractivity contribution in [2.45, 2.75) is 78.2 Å². The van der Waals surface area contributed by atoms with Crippen molar-refractivity contribution in [1.29, 1.82) is 0 Å². The van der Waals surface area contributed by atoms with Crippen LogP contribution in [0.1, 0.15) is 74.6 Å². The molecule has 4 amide bonds. The van der Waals surface area contributed by atoms with E-state index in [-0.39, 0.29) is 55.2 Å². The molecule has 2 aromatic carbocycles. The first-order valence-corrected chi connectivity index (χ1v) is 15.2.